The summed E-state index contributed by atoms with van der Waals surface area (Å²) >= 11 is 8.24. The number of hydrogen-bond acceptors (Lipinski definition) is 1. The minimum Gasteiger partial charge on any atom is -0.294 e. The van der Waals surface area contributed by atoms with Gasteiger partial charge in [-0.15, -0.1) is 11.6 Å². The van der Waals surface area contributed by atoms with E-state index in [0.29, 0.717) is 12.3 Å². The van der Waals surface area contributed by atoms with Crippen molar-refractivity contribution < 1.29 is 18.0 Å². The van der Waals surface area contributed by atoms with Crippen molar-refractivity contribution in [3.05, 3.63) is 33.8 Å². The van der Waals surface area contributed by atoms with E-state index in [0.717, 1.165) is 6.07 Å². The van der Waals surface area contributed by atoms with Gasteiger partial charge in [-0.05, 0) is 18.6 Å². The van der Waals surface area contributed by atoms with E-state index in [4.69, 9.17) is 11.6 Å². The predicted molar refractivity (Wildman–Crippen MR) is 63.4 cm³/mol. The van der Waals surface area contributed by atoms with E-state index in [1.165, 1.54) is 12.1 Å². The summed E-state index contributed by atoms with van der Waals surface area (Å²) in [6, 6.07) is 3.47. The Labute approximate surface area is 110 Å². The molecule has 0 radical (unpaired) electrons. The number of carbonyl (C=O) groups is 1. The summed E-state index contributed by atoms with van der Waals surface area (Å²) in [5.74, 6) is -0.0161. The molecule has 1 aromatic rings. The van der Waals surface area contributed by atoms with E-state index in [1.807, 2.05) is 0 Å². The van der Waals surface area contributed by atoms with Crippen LogP contribution in [0.4, 0.5) is 13.2 Å². The minimum atomic E-state index is -4.47. The average Bonchev–Trinajstić information content (AvgIpc) is 2.25. The first-order chi connectivity index (χ1) is 7.86. The normalized spacial score (nSPS) is 11.6. The van der Waals surface area contributed by atoms with Crippen LogP contribution in [-0.2, 0) is 6.18 Å². The molecule has 0 saturated heterocycles. The molecular formula is C11H9BrClF3O. The third-order valence-corrected chi connectivity index (χ3v) is 3.09. The Bertz CT molecular complexity index is 418. The quantitative estimate of drug-likeness (QED) is 0.579. The molecule has 0 heterocycles. The fraction of sp³-hybridized carbons (Fsp3) is 0.364. The van der Waals surface area contributed by atoms with E-state index in [1.54, 1.807) is 0 Å². The highest BCUT2D eigenvalue weighted by Gasteiger charge is 2.33. The number of alkyl halides is 4. The summed E-state index contributed by atoms with van der Waals surface area (Å²) in [6.45, 7) is 0. The van der Waals surface area contributed by atoms with Crippen LogP contribution in [0.2, 0.25) is 0 Å². The third kappa shape index (κ3) is 4.00. The highest BCUT2D eigenvalue weighted by molar-refractivity contribution is 9.10. The van der Waals surface area contributed by atoms with E-state index in [9.17, 15) is 18.0 Å². The predicted octanol–water partition coefficient (Wildman–Crippen LogP) is 4.67. The van der Waals surface area contributed by atoms with Gasteiger partial charge in [-0.3, -0.25) is 4.79 Å². The summed E-state index contributed by atoms with van der Waals surface area (Å²) < 4.78 is 37.7. The van der Waals surface area contributed by atoms with Gasteiger partial charge in [-0.1, -0.05) is 22.0 Å². The number of hydrogen-bond donors (Lipinski definition) is 0. The lowest BCUT2D eigenvalue weighted by Crippen LogP contribution is -2.08. The lowest BCUT2D eigenvalue weighted by molar-refractivity contribution is -0.138. The lowest BCUT2D eigenvalue weighted by Gasteiger charge is -2.10. The zero-order chi connectivity index (χ0) is 13.1. The van der Waals surface area contributed by atoms with Crippen LogP contribution in [-0.4, -0.2) is 11.7 Å². The van der Waals surface area contributed by atoms with Crippen molar-refractivity contribution in [3.63, 3.8) is 0 Å². The number of Topliss-reactive ketones (excluding diaryl/α,β-unsaturated/α-hetero) is 1. The summed E-state index contributed by atoms with van der Waals surface area (Å²) in [5, 5.41) is 0. The first-order valence-corrected chi connectivity index (χ1v) is 6.15. The standard InChI is InChI=1S/C11H9BrClF3O/c12-9-4-3-7(10(17)2-1-5-13)6-8(9)11(14,15)16/h3-4,6H,1-2,5H2. The van der Waals surface area contributed by atoms with Crippen molar-refractivity contribution in [1.82, 2.24) is 0 Å². The van der Waals surface area contributed by atoms with Gasteiger partial charge in [0, 0.05) is 22.3 Å². The fourth-order valence-electron chi connectivity index (χ4n) is 1.29. The van der Waals surface area contributed by atoms with Gasteiger partial charge in [0.15, 0.2) is 5.78 Å². The molecule has 1 rings (SSSR count). The molecule has 0 bridgehead atoms. The van der Waals surface area contributed by atoms with Crippen molar-refractivity contribution in [1.29, 1.82) is 0 Å². The van der Waals surface area contributed by atoms with Crippen LogP contribution in [0.5, 0.6) is 0 Å². The van der Waals surface area contributed by atoms with Crippen LogP contribution < -0.4 is 0 Å². The average molecular weight is 330 g/mol. The zero-order valence-electron chi connectivity index (χ0n) is 8.65. The van der Waals surface area contributed by atoms with E-state index < -0.39 is 11.7 Å². The van der Waals surface area contributed by atoms with Gasteiger partial charge in [0.1, 0.15) is 0 Å². The molecule has 1 aromatic carbocycles. The maximum absolute atomic E-state index is 12.6. The third-order valence-electron chi connectivity index (χ3n) is 2.13. The number of halogens is 5. The first kappa shape index (κ1) is 14.5. The molecule has 0 saturated carbocycles. The van der Waals surface area contributed by atoms with E-state index in [-0.39, 0.29) is 22.2 Å². The topological polar surface area (TPSA) is 17.1 Å². The maximum atomic E-state index is 12.6. The molecule has 0 aliphatic heterocycles. The fourth-order valence-corrected chi connectivity index (χ4v) is 1.89. The summed E-state index contributed by atoms with van der Waals surface area (Å²) in [5.41, 5.74) is -0.778. The Kier molecular flexibility index (Phi) is 5.01. The molecule has 0 aromatic heterocycles. The molecule has 0 amide bonds. The molecule has 94 valence electrons. The molecule has 1 nitrogen and oxygen atoms in total. The molecule has 0 N–H and O–H groups in total. The highest BCUT2D eigenvalue weighted by atomic mass is 79.9. The maximum Gasteiger partial charge on any atom is 0.417 e. The van der Waals surface area contributed by atoms with Crippen LogP contribution >= 0.6 is 27.5 Å². The second-order valence-electron chi connectivity index (χ2n) is 3.41. The molecule has 17 heavy (non-hydrogen) atoms. The molecular weight excluding hydrogens is 320 g/mol. The van der Waals surface area contributed by atoms with Gasteiger partial charge in [0.2, 0.25) is 0 Å². The molecule has 0 atom stereocenters. The zero-order valence-corrected chi connectivity index (χ0v) is 11.0. The van der Waals surface area contributed by atoms with E-state index in [2.05, 4.69) is 15.9 Å². The molecule has 0 aliphatic carbocycles. The Hall–Kier alpha value is -0.550. The van der Waals surface area contributed by atoms with Gasteiger partial charge in [-0.2, -0.15) is 13.2 Å². The van der Waals surface area contributed by atoms with Crippen LogP contribution in [0, 0.1) is 0 Å². The van der Waals surface area contributed by atoms with Crippen LogP contribution in [0.1, 0.15) is 28.8 Å². The lowest BCUT2D eigenvalue weighted by atomic mass is 10.0. The molecule has 0 spiro atoms. The Morgan fingerprint density at radius 3 is 2.53 bits per heavy atom. The van der Waals surface area contributed by atoms with Gasteiger partial charge >= 0.3 is 6.18 Å². The number of benzene rings is 1. The summed E-state index contributed by atoms with van der Waals surface area (Å²) in [4.78, 5) is 11.6. The van der Waals surface area contributed by atoms with E-state index >= 15 is 0 Å². The Balaban J connectivity index is 3.00. The minimum absolute atomic E-state index is 0.0608. The second kappa shape index (κ2) is 5.87. The largest absolute Gasteiger partial charge is 0.417 e. The second-order valence-corrected chi connectivity index (χ2v) is 4.64. The summed E-state index contributed by atoms with van der Waals surface area (Å²) in [6.07, 6.45) is -3.86. The van der Waals surface area contributed by atoms with Crippen molar-refractivity contribution in [3.8, 4) is 0 Å². The highest BCUT2D eigenvalue weighted by Crippen LogP contribution is 2.35. The van der Waals surface area contributed by atoms with Gasteiger partial charge in [0.25, 0.3) is 0 Å². The summed E-state index contributed by atoms with van der Waals surface area (Å²) in [7, 11) is 0. The smallest absolute Gasteiger partial charge is 0.294 e. The Morgan fingerprint density at radius 1 is 1.35 bits per heavy atom. The first-order valence-electron chi connectivity index (χ1n) is 4.82. The number of carbonyl (C=O) groups excluding carboxylic acids is 1. The van der Waals surface area contributed by atoms with Crippen LogP contribution in [0.3, 0.4) is 0 Å². The monoisotopic (exact) mass is 328 g/mol. The molecule has 6 heteroatoms. The van der Waals surface area contributed by atoms with Gasteiger partial charge in [0.05, 0.1) is 5.56 Å². The van der Waals surface area contributed by atoms with Crippen LogP contribution in [0.25, 0.3) is 0 Å². The van der Waals surface area contributed by atoms with Gasteiger partial charge in [-0.25, -0.2) is 0 Å². The number of rotatable bonds is 4. The molecule has 0 fully saturated rings. The van der Waals surface area contributed by atoms with Crippen LogP contribution in [0.15, 0.2) is 22.7 Å². The number of ketones is 1. The van der Waals surface area contributed by atoms with Gasteiger partial charge < -0.3 is 0 Å². The molecule has 0 unspecified atom stereocenters. The van der Waals surface area contributed by atoms with Crippen molar-refractivity contribution in [2.45, 2.75) is 19.0 Å². The van der Waals surface area contributed by atoms with Crippen molar-refractivity contribution >= 4 is 33.3 Å². The van der Waals surface area contributed by atoms with Crippen molar-refractivity contribution in [2.24, 2.45) is 0 Å². The van der Waals surface area contributed by atoms with Crippen molar-refractivity contribution in [2.75, 3.05) is 5.88 Å². The molecule has 0 aliphatic rings. The SMILES string of the molecule is O=C(CCCCl)c1ccc(Br)c(C(F)(F)F)c1. The Morgan fingerprint density at radius 2 is 2.00 bits per heavy atom.